The minimum Gasteiger partial charge on any atom is -0.465 e. The van der Waals surface area contributed by atoms with Crippen LogP contribution in [0.15, 0.2) is 30.7 Å². The van der Waals surface area contributed by atoms with E-state index in [1.807, 2.05) is 33.0 Å². The zero-order valence-corrected chi connectivity index (χ0v) is 16.3. The molecule has 2 aromatic rings. The number of aliphatic hydroxyl groups is 1. The summed E-state index contributed by atoms with van der Waals surface area (Å²) in [7, 11) is 1.29. The SMILES string of the molecule is CC.COC(=O)/C(=C/N)c1cc(-c2cn(CC(C)(C)O)nc2C)ccn1. The van der Waals surface area contributed by atoms with Crippen molar-refractivity contribution in [2.45, 2.75) is 46.8 Å². The number of hydrogen-bond acceptors (Lipinski definition) is 6. The summed E-state index contributed by atoms with van der Waals surface area (Å²) in [6.07, 6.45) is 4.64. The van der Waals surface area contributed by atoms with E-state index < -0.39 is 11.6 Å². The summed E-state index contributed by atoms with van der Waals surface area (Å²) >= 11 is 0. The third-order valence-electron chi connectivity index (χ3n) is 3.41. The van der Waals surface area contributed by atoms with Gasteiger partial charge in [0.15, 0.2) is 0 Å². The molecule has 0 radical (unpaired) electrons. The van der Waals surface area contributed by atoms with E-state index in [9.17, 15) is 9.90 Å². The second kappa shape index (κ2) is 9.15. The van der Waals surface area contributed by atoms with Crippen molar-refractivity contribution in [3.8, 4) is 11.1 Å². The molecule has 0 aromatic carbocycles. The lowest BCUT2D eigenvalue weighted by Crippen LogP contribution is -2.26. The lowest BCUT2D eigenvalue weighted by Gasteiger charge is -2.16. The topological polar surface area (TPSA) is 103 Å². The molecule has 0 atom stereocenters. The van der Waals surface area contributed by atoms with Crippen molar-refractivity contribution < 1.29 is 14.6 Å². The van der Waals surface area contributed by atoms with Crippen molar-refractivity contribution in [1.29, 1.82) is 0 Å². The van der Waals surface area contributed by atoms with Crippen LogP contribution in [-0.4, -0.2) is 38.6 Å². The van der Waals surface area contributed by atoms with Crippen LogP contribution in [0.1, 0.15) is 39.1 Å². The molecule has 0 unspecified atom stereocenters. The number of carbonyl (C=O) groups excluding carboxylic acids is 1. The number of aromatic nitrogens is 3. The summed E-state index contributed by atoms with van der Waals surface area (Å²) in [5.74, 6) is -0.545. The molecule has 0 aliphatic rings. The number of rotatable bonds is 5. The zero-order chi connectivity index (χ0) is 19.9. The van der Waals surface area contributed by atoms with E-state index in [0.717, 1.165) is 16.8 Å². The summed E-state index contributed by atoms with van der Waals surface area (Å²) in [6, 6.07) is 3.58. The van der Waals surface area contributed by atoms with Crippen molar-refractivity contribution in [3.05, 3.63) is 42.1 Å². The third-order valence-corrected chi connectivity index (χ3v) is 3.41. The number of pyridine rings is 1. The molecule has 7 heteroatoms. The van der Waals surface area contributed by atoms with Gasteiger partial charge >= 0.3 is 5.97 Å². The molecule has 0 bridgehead atoms. The lowest BCUT2D eigenvalue weighted by atomic mass is 10.0. The largest absolute Gasteiger partial charge is 0.465 e. The first-order valence-corrected chi connectivity index (χ1v) is 8.48. The molecule has 0 aliphatic heterocycles. The Bertz CT molecular complexity index is 773. The van der Waals surface area contributed by atoms with Crippen molar-refractivity contribution in [1.82, 2.24) is 14.8 Å². The van der Waals surface area contributed by atoms with E-state index >= 15 is 0 Å². The Morgan fingerprint density at radius 1 is 1.42 bits per heavy atom. The number of esters is 1. The molecular formula is C19H28N4O3. The predicted octanol–water partition coefficient (Wildman–Crippen LogP) is 2.52. The van der Waals surface area contributed by atoms with E-state index in [0.29, 0.717) is 12.2 Å². The van der Waals surface area contributed by atoms with Crippen LogP contribution < -0.4 is 5.73 Å². The van der Waals surface area contributed by atoms with Gasteiger partial charge in [-0.3, -0.25) is 9.67 Å². The summed E-state index contributed by atoms with van der Waals surface area (Å²) in [6.45, 7) is 9.71. The van der Waals surface area contributed by atoms with E-state index in [1.165, 1.54) is 13.3 Å². The lowest BCUT2D eigenvalue weighted by molar-refractivity contribution is -0.133. The fourth-order valence-electron chi connectivity index (χ4n) is 2.39. The number of nitrogens with two attached hydrogens (primary N) is 1. The average Bonchev–Trinajstić information content (AvgIpc) is 2.95. The first kappa shape index (κ1) is 21.4. The number of methoxy groups -OCH3 is 1. The second-order valence-electron chi connectivity index (χ2n) is 6.14. The zero-order valence-electron chi connectivity index (χ0n) is 16.3. The highest BCUT2D eigenvalue weighted by molar-refractivity contribution is 6.15. The molecule has 26 heavy (non-hydrogen) atoms. The Labute approximate surface area is 154 Å². The van der Waals surface area contributed by atoms with Gasteiger partial charge in [0, 0.05) is 24.2 Å². The number of carbonyl (C=O) groups is 1. The summed E-state index contributed by atoms with van der Waals surface area (Å²) in [4.78, 5) is 15.9. The van der Waals surface area contributed by atoms with Crippen molar-refractivity contribution in [2.75, 3.05) is 7.11 Å². The molecule has 0 amide bonds. The van der Waals surface area contributed by atoms with Gasteiger partial charge in [-0.25, -0.2) is 4.79 Å². The maximum Gasteiger partial charge on any atom is 0.341 e. The summed E-state index contributed by atoms with van der Waals surface area (Å²) in [5, 5.41) is 14.4. The van der Waals surface area contributed by atoms with E-state index in [1.54, 1.807) is 30.8 Å². The molecule has 0 fully saturated rings. The number of nitrogens with zero attached hydrogens (tertiary/aromatic N) is 3. The Morgan fingerprint density at radius 2 is 2.08 bits per heavy atom. The van der Waals surface area contributed by atoms with Gasteiger partial charge in [0.2, 0.25) is 0 Å². The molecule has 2 heterocycles. The molecular weight excluding hydrogens is 332 g/mol. The van der Waals surface area contributed by atoms with Gasteiger partial charge in [0.05, 0.1) is 30.6 Å². The van der Waals surface area contributed by atoms with Gasteiger partial charge < -0.3 is 15.6 Å². The maximum absolute atomic E-state index is 11.8. The van der Waals surface area contributed by atoms with E-state index in [4.69, 9.17) is 10.5 Å². The maximum atomic E-state index is 11.8. The average molecular weight is 360 g/mol. The van der Waals surface area contributed by atoms with Crippen LogP contribution in [0.25, 0.3) is 16.7 Å². The van der Waals surface area contributed by atoms with Gasteiger partial charge in [-0.1, -0.05) is 13.8 Å². The minimum atomic E-state index is -0.862. The Hall–Kier alpha value is -2.67. The first-order chi connectivity index (χ1) is 12.2. The smallest absolute Gasteiger partial charge is 0.341 e. The van der Waals surface area contributed by atoms with Crippen molar-refractivity contribution in [3.63, 3.8) is 0 Å². The van der Waals surface area contributed by atoms with Crippen LogP contribution >= 0.6 is 0 Å². The second-order valence-corrected chi connectivity index (χ2v) is 6.14. The fourth-order valence-corrected chi connectivity index (χ4v) is 2.39. The normalized spacial score (nSPS) is 11.6. The highest BCUT2D eigenvalue weighted by atomic mass is 16.5. The predicted molar refractivity (Wildman–Crippen MR) is 102 cm³/mol. The molecule has 0 saturated carbocycles. The Morgan fingerprint density at radius 3 is 2.62 bits per heavy atom. The van der Waals surface area contributed by atoms with Gasteiger partial charge in [-0.05, 0) is 38.5 Å². The van der Waals surface area contributed by atoms with Gasteiger partial charge in [0.25, 0.3) is 0 Å². The van der Waals surface area contributed by atoms with Crippen molar-refractivity contribution >= 4 is 11.5 Å². The molecule has 3 N–H and O–H groups in total. The molecule has 2 rings (SSSR count). The Kier molecular flexibility index (Phi) is 7.52. The van der Waals surface area contributed by atoms with Crippen LogP contribution in [0.5, 0.6) is 0 Å². The molecule has 0 spiro atoms. The minimum absolute atomic E-state index is 0.195. The monoisotopic (exact) mass is 360 g/mol. The first-order valence-electron chi connectivity index (χ1n) is 8.48. The van der Waals surface area contributed by atoms with Gasteiger partial charge in [0.1, 0.15) is 5.57 Å². The van der Waals surface area contributed by atoms with E-state index in [2.05, 4.69) is 10.1 Å². The quantitative estimate of drug-likeness (QED) is 0.627. The molecule has 2 aromatic heterocycles. The number of hydrogen-bond donors (Lipinski definition) is 2. The molecule has 7 nitrogen and oxygen atoms in total. The molecule has 0 aliphatic carbocycles. The molecule has 0 saturated heterocycles. The standard InChI is InChI=1S/C17H22N4O3.C2H6/c1-11-14(9-21(20-11)10-17(2,3)23)12-5-6-19-15(7-12)13(8-18)16(22)24-4;1-2/h5-9,23H,10,18H2,1-4H3;1-2H3/b13-8+;. The van der Waals surface area contributed by atoms with E-state index in [-0.39, 0.29) is 5.57 Å². The summed E-state index contributed by atoms with van der Waals surface area (Å²) < 4.78 is 6.41. The highest BCUT2D eigenvalue weighted by Gasteiger charge is 2.18. The van der Waals surface area contributed by atoms with Crippen LogP contribution in [0, 0.1) is 6.92 Å². The Balaban J connectivity index is 0.00000163. The number of aryl methyl sites for hydroxylation is 1. The van der Waals surface area contributed by atoms with Crippen LogP contribution in [0.2, 0.25) is 0 Å². The highest BCUT2D eigenvalue weighted by Crippen LogP contribution is 2.25. The van der Waals surface area contributed by atoms with Crippen LogP contribution in [-0.2, 0) is 16.1 Å². The third kappa shape index (κ3) is 5.42. The van der Waals surface area contributed by atoms with Gasteiger partial charge in [-0.15, -0.1) is 0 Å². The molecule has 142 valence electrons. The van der Waals surface area contributed by atoms with Gasteiger partial charge in [-0.2, -0.15) is 5.10 Å². The van der Waals surface area contributed by atoms with Crippen LogP contribution in [0.3, 0.4) is 0 Å². The number of ether oxygens (including phenoxy) is 1. The summed E-state index contributed by atoms with van der Waals surface area (Å²) in [5.41, 5.74) is 7.84. The van der Waals surface area contributed by atoms with Crippen molar-refractivity contribution in [2.24, 2.45) is 5.73 Å². The fraction of sp³-hybridized carbons (Fsp3) is 0.421. The van der Waals surface area contributed by atoms with Crippen LogP contribution in [0.4, 0.5) is 0 Å².